The summed E-state index contributed by atoms with van der Waals surface area (Å²) in [5.41, 5.74) is 0.951. The van der Waals surface area contributed by atoms with E-state index in [1.165, 1.54) is 12.1 Å². The molecule has 23 heavy (non-hydrogen) atoms. The number of benzene rings is 1. The molecule has 0 saturated carbocycles. The summed E-state index contributed by atoms with van der Waals surface area (Å²) in [5.74, 6) is 1.13. The molecule has 2 atom stereocenters. The Morgan fingerprint density at radius 2 is 2.35 bits per heavy atom. The van der Waals surface area contributed by atoms with E-state index >= 15 is 0 Å². The normalized spacial score (nSPS) is 21.5. The average molecular weight is 315 g/mol. The van der Waals surface area contributed by atoms with Crippen LogP contribution in [0.15, 0.2) is 18.2 Å². The van der Waals surface area contributed by atoms with E-state index in [1.807, 2.05) is 13.0 Å². The maximum atomic E-state index is 14.1. The van der Waals surface area contributed by atoms with Crippen molar-refractivity contribution in [1.29, 1.82) is 5.26 Å². The van der Waals surface area contributed by atoms with Gasteiger partial charge in [-0.2, -0.15) is 10.4 Å². The van der Waals surface area contributed by atoms with Gasteiger partial charge in [0.15, 0.2) is 5.82 Å². The Balaban J connectivity index is 1.86. The van der Waals surface area contributed by atoms with E-state index in [0.29, 0.717) is 30.0 Å². The van der Waals surface area contributed by atoms with Crippen LogP contribution < -0.4 is 0 Å². The maximum Gasteiger partial charge on any atom is 0.167 e. The Hall–Kier alpha value is -2.30. The number of ether oxygens (including phenoxy) is 1. The van der Waals surface area contributed by atoms with Gasteiger partial charge in [-0.3, -0.25) is 10.00 Å². The predicted molar refractivity (Wildman–Crippen MR) is 80.8 cm³/mol. The monoisotopic (exact) mass is 315 g/mol. The number of likely N-dealkylation sites (tertiary alicyclic amines) is 1. The van der Waals surface area contributed by atoms with Crippen molar-refractivity contribution >= 4 is 0 Å². The molecule has 0 amide bonds. The van der Waals surface area contributed by atoms with Gasteiger partial charge < -0.3 is 4.74 Å². The van der Waals surface area contributed by atoms with Gasteiger partial charge in [-0.1, -0.05) is 0 Å². The average Bonchev–Trinajstić information content (AvgIpc) is 3.15. The zero-order valence-electron chi connectivity index (χ0n) is 13.1. The lowest BCUT2D eigenvalue weighted by Crippen LogP contribution is -2.26. The van der Waals surface area contributed by atoms with Crippen LogP contribution in [0, 0.1) is 24.1 Å². The summed E-state index contributed by atoms with van der Waals surface area (Å²) >= 11 is 0. The fourth-order valence-electron chi connectivity index (χ4n) is 2.97. The highest BCUT2D eigenvalue weighted by molar-refractivity contribution is 5.33. The number of halogens is 1. The van der Waals surface area contributed by atoms with Crippen molar-refractivity contribution in [3.63, 3.8) is 0 Å². The van der Waals surface area contributed by atoms with Crippen molar-refractivity contribution in [3.8, 4) is 6.07 Å². The Labute approximate surface area is 133 Å². The molecule has 7 heteroatoms. The van der Waals surface area contributed by atoms with Crippen LogP contribution in [0.25, 0.3) is 0 Å². The zero-order chi connectivity index (χ0) is 16.4. The largest absolute Gasteiger partial charge is 0.380 e. The molecule has 3 rings (SSSR count). The standard InChI is InChI=1S/C16H18FN5O/c1-10-19-16(21-20-10)15-6-13(23-2)9-22(15)8-12-5-11(7-18)3-4-14(12)17/h3-5,13,15H,6,8-9H2,1-2H3,(H,19,20,21)/t13-,15+/m1/s1. The van der Waals surface area contributed by atoms with E-state index in [9.17, 15) is 4.39 Å². The van der Waals surface area contributed by atoms with Gasteiger partial charge in [0, 0.05) is 25.8 Å². The van der Waals surface area contributed by atoms with Crippen LogP contribution in [0.1, 0.15) is 35.2 Å². The van der Waals surface area contributed by atoms with Crippen molar-refractivity contribution in [2.75, 3.05) is 13.7 Å². The number of rotatable bonds is 4. The lowest BCUT2D eigenvalue weighted by Gasteiger charge is -2.22. The molecule has 2 aromatic rings. The number of aryl methyl sites for hydroxylation is 1. The molecule has 1 saturated heterocycles. The van der Waals surface area contributed by atoms with Crippen molar-refractivity contribution in [1.82, 2.24) is 20.1 Å². The van der Waals surface area contributed by atoms with Gasteiger partial charge in [0.1, 0.15) is 11.6 Å². The van der Waals surface area contributed by atoms with Crippen LogP contribution in [0.3, 0.4) is 0 Å². The van der Waals surface area contributed by atoms with Crippen LogP contribution >= 0.6 is 0 Å². The minimum Gasteiger partial charge on any atom is -0.380 e. The van der Waals surface area contributed by atoms with Gasteiger partial charge >= 0.3 is 0 Å². The molecule has 6 nitrogen and oxygen atoms in total. The van der Waals surface area contributed by atoms with E-state index in [2.05, 4.69) is 20.1 Å². The van der Waals surface area contributed by atoms with Crippen molar-refractivity contribution in [2.24, 2.45) is 0 Å². The molecule has 1 fully saturated rings. The number of hydrogen-bond donors (Lipinski definition) is 1. The Kier molecular flexibility index (Phi) is 4.37. The number of methoxy groups -OCH3 is 1. The number of nitrogens with one attached hydrogen (secondary N) is 1. The highest BCUT2D eigenvalue weighted by Gasteiger charge is 2.35. The van der Waals surface area contributed by atoms with E-state index in [1.54, 1.807) is 13.2 Å². The predicted octanol–water partition coefficient (Wildman–Crippen LogP) is 2.09. The molecular weight excluding hydrogens is 297 g/mol. The van der Waals surface area contributed by atoms with Crippen LogP contribution in [-0.4, -0.2) is 39.8 Å². The van der Waals surface area contributed by atoms with Crippen LogP contribution in [0.2, 0.25) is 0 Å². The molecule has 2 heterocycles. The SMILES string of the molecule is CO[C@@H]1C[C@@H](c2n[nH]c(C)n2)N(Cc2cc(C#N)ccc2F)C1. The van der Waals surface area contributed by atoms with Gasteiger partial charge in [-0.05, 0) is 31.5 Å². The minimum atomic E-state index is -0.310. The van der Waals surface area contributed by atoms with Crippen molar-refractivity contribution < 1.29 is 9.13 Å². The van der Waals surface area contributed by atoms with Gasteiger partial charge in [-0.25, -0.2) is 9.37 Å². The van der Waals surface area contributed by atoms with Crippen molar-refractivity contribution in [2.45, 2.75) is 32.0 Å². The second kappa shape index (κ2) is 6.44. The first-order chi connectivity index (χ1) is 11.1. The third-order valence-corrected chi connectivity index (χ3v) is 4.16. The molecular formula is C16H18FN5O. The molecule has 1 N–H and O–H groups in total. The fourth-order valence-corrected chi connectivity index (χ4v) is 2.97. The summed E-state index contributed by atoms with van der Waals surface area (Å²) in [5, 5.41) is 16.1. The maximum absolute atomic E-state index is 14.1. The zero-order valence-corrected chi connectivity index (χ0v) is 13.1. The lowest BCUT2D eigenvalue weighted by atomic mass is 10.1. The number of nitrogens with zero attached hydrogens (tertiary/aromatic N) is 4. The number of aromatic nitrogens is 3. The van der Waals surface area contributed by atoms with E-state index < -0.39 is 0 Å². The molecule has 0 bridgehead atoms. The third-order valence-electron chi connectivity index (χ3n) is 4.16. The molecule has 0 radical (unpaired) electrons. The first-order valence-electron chi connectivity index (χ1n) is 7.45. The summed E-state index contributed by atoms with van der Waals surface area (Å²) in [4.78, 5) is 6.49. The lowest BCUT2D eigenvalue weighted by molar-refractivity contribution is 0.107. The van der Waals surface area contributed by atoms with E-state index in [4.69, 9.17) is 10.00 Å². The summed E-state index contributed by atoms with van der Waals surface area (Å²) in [7, 11) is 1.67. The third kappa shape index (κ3) is 3.23. The Bertz CT molecular complexity index is 738. The van der Waals surface area contributed by atoms with Gasteiger partial charge in [-0.15, -0.1) is 0 Å². The van der Waals surface area contributed by atoms with E-state index in [-0.39, 0.29) is 18.0 Å². The molecule has 0 aliphatic carbocycles. The molecule has 1 aliphatic heterocycles. The number of H-pyrrole nitrogens is 1. The molecule has 1 aliphatic rings. The quantitative estimate of drug-likeness (QED) is 0.934. The summed E-state index contributed by atoms with van der Waals surface area (Å²) in [6.45, 7) is 2.91. The minimum absolute atomic E-state index is 0.0324. The number of hydrogen-bond acceptors (Lipinski definition) is 5. The molecule has 1 aromatic heterocycles. The number of aromatic amines is 1. The topological polar surface area (TPSA) is 77.8 Å². The second-order valence-electron chi connectivity index (χ2n) is 5.74. The van der Waals surface area contributed by atoms with Crippen LogP contribution in [0.4, 0.5) is 4.39 Å². The summed E-state index contributed by atoms with van der Waals surface area (Å²) in [6, 6.07) is 6.43. The molecule has 0 spiro atoms. The van der Waals surface area contributed by atoms with Crippen molar-refractivity contribution in [3.05, 3.63) is 46.8 Å². The van der Waals surface area contributed by atoms with Gasteiger partial charge in [0.05, 0.1) is 23.8 Å². The molecule has 120 valence electrons. The van der Waals surface area contributed by atoms with Crippen LogP contribution in [0.5, 0.6) is 0 Å². The Morgan fingerprint density at radius 3 is 3.00 bits per heavy atom. The second-order valence-corrected chi connectivity index (χ2v) is 5.74. The fraction of sp³-hybridized carbons (Fsp3) is 0.438. The highest BCUT2D eigenvalue weighted by atomic mass is 19.1. The smallest absolute Gasteiger partial charge is 0.167 e. The molecule has 1 aromatic carbocycles. The van der Waals surface area contributed by atoms with E-state index in [0.717, 1.165) is 12.2 Å². The van der Waals surface area contributed by atoms with Crippen LogP contribution in [-0.2, 0) is 11.3 Å². The Morgan fingerprint density at radius 1 is 1.52 bits per heavy atom. The first-order valence-corrected chi connectivity index (χ1v) is 7.45. The first kappa shape index (κ1) is 15.6. The molecule has 0 unspecified atom stereocenters. The summed E-state index contributed by atoms with van der Waals surface area (Å²) in [6.07, 6.45) is 0.814. The summed E-state index contributed by atoms with van der Waals surface area (Å²) < 4.78 is 19.5. The van der Waals surface area contributed by atoms with Gasteiger partial charge in [0.25, 0.3) is 0 Å². The number of nitriles is 1. The van der Waals surface area contributed by atoms with Gasteiger partial charge in [0.2, 0.25) is 0 Å². The highest BCUT2D eigenvalue weighted by Crippen LogP contribution is 2.33.